The molecule has 0 fully saturated rings. The number of fused-ring (bicyclic) bond motifs is 1. The number of anilines is 1. The topological polar surface area (TPSA) is 92.7 Å². The summed E-state index contributed by atoms with van der Waals surface area (Å²) in [6.45, 7) is 0.633. The van der Waals surface area contributed by atoms with Crippen molar-refractivity contribution < 1.29 is 4.55 Å². The predicted molar refractivity (Wildman–Crippen MR) is 107 cm³/mol. The van der Waals surface area contributed by atoms with Gasteiger partial charge in [-0.05, 0) is 6.07 Å². The van der Waals surface area contributed by atoms with Crippen LogP contribution in [0.5, 0.6) is 0 Å². The Bertz CT molecular complexity index is 1040. The van der Waals surface area contributed by atoms with Crippen LogP contribution in [0.15, 0.2) is 49.1 Å². The second-order valence-corrected chi connectivity index (χ2v) is 8.45. The van der Waals surface area contributed by atoms with Crippen LogP contribution in [-0.2, 0) is 17.7 Å². The van der Waals surface area contributed by atoms with Crippen molar-refractivity contribution in [3.63, 3.8) is 0 Å². The lowest BCUT2D eigenvalue weighted by Crippen LogP contribution is -2.11. The molecule has 8 heteroatoms. The number of nitrogen functional groups attached to an aromatic ring is 1. The lowest BCUT2D eigenvalue weighted by atomic mass is 10.1. The van der Waals surface area contributed by atoms with Crippen LogP contribution in [0.1, 0.15) is 0 Å². The summed E-state index contributed by atoms with van der Waals surface area (Å²) in [5.41, 5.74) is 8.92. The number of hydrogen-bond acceptors (Lipinski definition) is 6. The van der Waals surface area contributed by atoms with Gasteiger partial charge in [-0.2, -0.15) is 0 Å². The first-order chi connectivity index (χ1) is 12.6. The van der Waals surface area contributed by atoms with Crippen molar-refractivity contribution in [3.05, 3.63) is 49.1 Å². The van der Waals surface area contributed by atoms with E-state index in [-0.39, 0.29) is 0 Å². The summed E-state index contributed by atoms with van der Waals surface area (Å²) in [6, 6.07) is 12.1. The highest BCUT2D eigenvalue weighted by atomic mass is 32.2. The molecule has 3 heterocycles. The van der Waals surface area contributed by atoms with Crippen molar-refractivity contribution in [2.24, 2.45) is 0 Å². The minimum atomic E-state index is -0.872. The van der Waals surface area contributed by atoms with Crippen molar-refractivity contribution >= 4 is 38.5 Å². The highest BCUT2D eigenvalue weighted by Gasteiger charge is 2.19. The van der Waals surface area contributed by atoms with E-state index in [1.165, 1.54) is 6.33 Å². The Labute approximate surface area is 157 Å². The summed E-state index contributed by atoms with van der Waals surface area (Å²) in [5.74, 6) is 1.05. The zero-order valence-electron chi connectivity index (χ0n) is 14.1. The van der Waals surface area contributed by atoms with Crippen LogP contribution in [-0.4, -0.2) is 36.1 Å². The number of thiophene rings is 1. The first-order valence-electron chi connectivity index (χ1n) is 8.04. The van der Waals surface area contributed by atoms with Crippen LogP contribution >= 0.6 is 11.3 Å². The summed E-state index contributed by atoms with van der Waals surface area (Å²) >= 11 is 0.687. The average Bonchev–Trinajstić information content (AvgIpc) is 3.25. The molecule has 4 rings (SSSR count). The van der Waals surface area contributed by atoms with Gasteiger partial charge in [0.15, 0.2) is 0 Å². The molecule has 0 aliphatic carbocycles. The van der Waals surface area contributed by atoms with Crippen LogP contribution in [0, 0.1) is 0 Å². The molecule has 0 spiro atoms. The third-order valence-electron chi connectivity index (χ3n) is 4.10. The summed E-state index contributed by atoms with van der Waals surface area (Å²) in [6.07, 6.45) is 5.00. The molecule has 0 saturated heterocycles. The molecule has 6 nitrogen and oxygen atoms in total. The van der Waals surface area contributed by atoms with Gasteiger partial charge in [0, 0.05) is 5.56 Å². The van der Waals surface area contributed by atoms with Gasteiger partial charge in [0.25, 0.3) is 0 Å². The smallest absolute Gasteiger partial charge is 0.135 e. The monoisotopic (exact) mass is 383 g/mol. The SMILES string of the molecule is C[S+]([O-])CCn1cnc(-c2ccccc2)c1-c1cc2c(N)ncnc2s1. The molecule has 0 amide bonds. The first kappa shape index (κ1) is 17.0. The molecule has 1 unspecified atom stereocenters. The number of nitrogens with two attached hydrogens (primary N) is 1. The van der Waals surface area contributed by atoms with Gasteiger partial charge in [-0.3, -0.25) is 0 Å². The second-order valence-electron chi connectivity index (χ2n) is 5.87. The molecule has 1 atom stereocenters. The van der Waals surface area contributed by atoms with E-state index in [1.807, 2.05) is 42.7 Å². The van der Waals surface area contributed by atoms with Gasteiger partial charge in [0.1, 0.15) is 22.7 Å². The maximum Gasteiger partial charge on any atom is 0.135 e. The molecule has 132 valence electrons. The molecule has 1 aromatic carbocycles. The van der Waals surface area contributed by atoms with Gasteiger partial charge in [-0.1, -0.05) is 41.5 Å². The molecule has 0 saturated carbocycles. The Morgan fingerprint density at radius 3 is 2.73 bits per heavy atom. The van der Waals surface area contributed by atoms with E-state index in [0.29, 0.717) is 18.1 Å². The normalized spacial score (nSPS) is 12.5. The summed E-state index contributed by atoms with van der Waals surface area (Å²) in [4.78, 5) is 14.9. The van der Waals surface area contributed by atoms with Gasteiger partial charge in [-0.25, -0.2) is 15.0 Å². The van der Waals surface area contributed by atoms with Crippen molar-refractivity contribution in [3.8, 4) is 21.8 Å². The van der Waals surface area contributed by atoms with E-state index in [0.717, 1.165) is 32.0 Å². The molecular formula is C18H17N5OS2. The van der Waals surface area contributed by atoms with Crippen LogP contribution in [0.3, 0.4) is 0 Å². The number of aromatic nitrogens is 4. The fraction of sp³-hybridized carbons (Fsp3) is 0.167. The lowest BCUT2D eigenvalue weighted by molar-refractivity contribution is 0.594. The van der Waals surface area contributed by atoms with Crippen LogP contribution in [0.4, 0.5) is 5.82 Å². The Morgan fingerprint density at radius 2 is 2.00 bits per heavy atom. The number of benzene rings is 1. The van der Waals surface area contributed by atoms with Gasteiger partial charge in [0.2, 0.25) is 0 Å². The maximum atomic E-state index is 11.6. The molecule has 0 aliphatic rings. The number of nitrogens with zero attached hydrogens (tertiary/aromatic N) is 4. The molecule has 3 aromatic heterocycles. The summed E-state index contributed by atoms with van der Waals surface area (Å²) in [5, 5.41) is 0.846. The highest BCUT2D eigenvalue weighted by Crippen LogP contribution is 2.38. The van der Waals surface area contributed by atoms with Gasteiger partial charge in [-0.15, -0.1) is 11.3 Å². The summed E-state index contributed by atoms with van der Waals surface area (Å²) in [7, 11) is 0. The standard InChI is InChI=1S/C18H17N5OS2/c1-26(24)8-7-23-11-22-15(12-5-3-2-4-6-12)16(23)14-9-13-17(19)20-10-21-18(13)25-14/h2-6,9-11H,7-8H2,1H3,(H2,19,20,21). The van der Waals surface area contributed by atoms with Crippen molar-refractivity contribution in [1.82, 2.24) is 19.5 Å². The Morgan fingerprint density at radius 1 is 1.19 bits per heavy atom. The molecule has 0 aliphatic heterocycles. The fourth-order valence-electron chi connectivity index (χ4n) is 2.83. The van der Waals surface area contributed by atoms with Crippen molar-refractivity contribution in [2.45, 2.75) is 6.54 Å². The average molecular weight is 384 g/mol. The zero-order chi connectivity index (χ0) is 18.1. The number of hydrogen-bond donors (Lipinski definition) is 1. The number of aryl methyl sites for hydroxylation is 1. The van der Waals surface area contributed by atoms with Gasteiger partial charge >= 0.3 is 0 Å². The molecule has 26 heavy (non-hydrogen) atoms. The molecule has 0 radical (unpaired) electrons. The van der Waals surface area contributed by atoms with Crippen molar-refractivity contribution in [2.75, 3.05) is 17.7 Å². The van der Waals surface area contributed by atoms with Gasteiger partial charge < -0.3 is 14.9 Å². The first-order valence-corrected chi connectivity index (χ1v) is 10.6. The molecule has 0 bridgehead atoms. The van der Waals surface area contributed by atoms with E-state index in [9.17, 15) is 4.55 Å². The second kappa shape index (κ2) is 7.06. The third kappa shape index (κ3) is 3.18. The van der Waals surface area contributed by atoms with E-state index in [2.05, 4.69) is 19.5 Å². The number of rotatable bonds is 5. The van der Waals surface area contributed by atoms with E-state index >= 15 is 0 Å². The summed E-state index contributed by atoms with van der Waals surface area (Å²) < 4.78 is 13.6. The third-order valence-corrected chi connectivity index (χ3v) is 5.91. The number of imidazole rings is 1. The minimum Gasteiger partial charge on any atom is -0.617 e. The van der Waals surface area contributed by atoms with Gasteiger partial charge in [0.05, 0.1) is 40.8 Å². The van der Waals surface area contributed by atoms with E-state index < -0.39 is 11.2 Å². The Kier molecular flexibility index (Phi) is 4.62. The molecular weight excluding hydrogens is 366 g/mol. The minimum absolute atomic E-state index is 0.472. The van der Waals surface area contributed by atoms with E-state index in [4.69, 9.17) is 5.73 Å². The Hall–Kier alpha value is -2.42. The lowest BCUT2D eigenvalue weighted by Gasteiger charge is -2.10. The fourth-order valence-corrected chi connectivity index (χ4v) is 4.36. The zero-order valence-corrected chi connectivity index (χ0v) is 15.8. The Balaban J connectivity index is 1.88. The quantitative estimate of drug-likeness (QED) is 0.534. The van der Waals surface area contributed by atoms with Crippen LogP contribution < -0.4 is 5.73 Å². The largest absolute Gasteiger partial charge is 0.617 e. The highest BCUT2D eigenvalue weighted by molar-refractivity contribution is 7.90. The molecule has 2 N–H and O–H groups in total. The van der Waals surface area contributed by atoms with Crippen LogP contribution in [0.2, 0.25) is 0 Å². The molecule has 4 aromatic rings. The van der Waals surface area contributed by atoms with Crippen LogP contribution in [0.25, 0.3) is 32.0 Å². The maximum absolute atomic E-state index is 11.6. The van der Waals surface area contributed by atoms with Crippen molar-refractivity contribution in [1.29, 1.82) is 0 Å². The predicted octanol–water partition coefficient (Wildman–Crippen LogP) is 3.18. The van der Waals surface area contributed by atoms with E-state index in [1.54, 1.807) is 17.6 Å².